The molecule has 3 aromatic rings. The molecule has 0 saturated carbocycles. The molecule has 162 valence electrons. The molecule has 1 fully saturated rings. The van der Waals surface area contributed by atoms with Crippen molar-refractivity contribution in [2.24, 2.45) is 0 Å². The molecule has 8 heteroatoms. The Kier molecular flexibility index (Phi) is 5.90. The summed E-state index contributed by atoms with van der Waals surface area (Å²) in [5.41, 5.74) is 9.66. The maximum Gasteiger partial charge on any atom is 0.287 e. The molecule has 0 spiro atoms. The first-order valence-electron chi connectivity index (χ1n) is 10.5. The smallest absolute Gasteiger partial charge is 0.287 e. The first-order chi connectivity index (χ1) is 15.0. The Morgan fingerprint density at radius 2 is 2.00 bits per heavy atom. The second-order valence-corrected chi connectivity index (χ2v) is 7.92. The zero-order valence-electron chi connectivity index (χ0n) is 17.8. The fourth-order valence-corrected chi connectivity index (χ4v) is 3.96. The third-order valence-electron chi connectivity index (χ3n) is 5.86. The van der Waals surface area contributed by atoms with Gasteiger partial charge in [-0.1, -0.05) is 30.3 Å². The van der Waals surface area contributed by atoms with Crippen LogP contribution in [0.2, 0.25) is 0 Å². The number of methoxy groups -OCH3 is 1. The summed E-state index contributed by atoms with van der Waals surface area (Å²) < 4.78 is 5.41. The number of aromatic amines is 1. The van der Waals surface area contributed by atoms with Crippen LogP contribution in [0.5, 0.6) is 0 Å². The number of amides is 1. The van der Waals surface area contributed by atoms with Gasteiger partial charge in [-0.25, -0.2) is 4.98 Å². The van der Waals surface area contributed by atoms with Crippen molar-refractivity contribution in [3.05, 3.63) is 59.4 Å². The summed E-state index contributed by atoms with van der Waals surface area (Å²) in [4.78, 5) is 22.2. The maximum atomic E-state index is 12.7. The highest BCUT2D eigenvalue weighted by Gasteiger charge is 2.23. The molecule has 1 aromatic heterocycles. The van der Waals surface area contributed by atoms with Gasteiger partial charge in [0, 0.05) is 31.5 Å². The molecule has 1 atom stereocenters. The van der Waals surface area contributed by atoms with Gasteiger partial charge in [-0.2, -0.15) is 0 Å². The molecule has 8 nitrogen and oxygen atoms in total. The highest BCUT2D eigenvalue weighted by molar-refractivity contribution is 6.05. The number of benzene rings is 2. The number of rotatable bonds is 5. The second-order valence-electron chi connectivity index (χ2n) is 7.92. The second kappa shape index (κ2) is 8.77. The van der Waals surface area contributed by atoms with Crippen molar-refractivity contribution in [1.29, 1.82) is 5.41 Å². The summed E-state index contributed by atoms with van der Waals surface area (Å²) >= 11 is 0. The Labute approximate surface area is 181 Å². The molecule has 5 N–H and O–H groups in total. The largest absolute Gasteiger partial charge is 0.398 e. The van der Waals surface area contributed by atoms with Gasteiger partial charge in [-0.3, -0.25) is 10.2 Å². The van der Waals surface area contributed by atoms with E-state index in [-0.39, 0.29) is 23.9 Å². The van der Waals surface area contributed by atoms with E-state index in [4.69, 9.17) is 15.9 Å². The fourth-order valence-electron chi connectivity index (χ4n) is 3.96. The van der Waals surface area contributed by atoms with Crippen LogP contribution in [0, 0.1) is 5.41 Å². The number of hydrogen-bond donors (Lipinski definition) is 4. The highest BCUT2D eigenvalue weighted by atomic mass is 16.5. The van der Waals surface area contributed by atoms with Gasteiger partial charge < -0.3 is 25.7 Å². The molecule has 1 saturated heterocycles. The van der Waals surface area contributed by atoms with Crippen molar-refractivity contribution in [2.45, 2.75) is 31.9 Å². The van der Waals surface area contributed by atoms with Crippen LogP contribution in [0.25, 0.3) is 11.0 Å². The molecular formula is C23H28N6O2. The first kappa shape index (κ1) is 20.9. The summed E-state index contributed by atoms with van der Waals surface area (Å²) in [5.74, 6) is 0.312. The Hall–Kier alpha value is -3.39. The number of ether oxygens (including phenoxy) is 1. The van der Waals surface area contributed by atoms with Crippen LogP contribution >= 0.6 is 0 Å². The molecule has 1 unspecified atom stereocenters. The number of aromatic nitrogens is 2. The lowest BCUT2D eigenvalue weighted by Crippen LogP contribution is -2.40. The van der Waals surface area contributed by atoms with E-state index in [1.807, 2.05) is 42.2 Å². The molecule has 1 amide bonds. The number of carbonyl (C=O) groups is 1. The van der Waals surface area contributed by atoms with Gasteiger partial charge in [-0.15, -0.1) is 0 Å². The molecule has 1 aliphatic heterocycles. The minimum atomic E-state index is -0.288. The Morgan fingerprint density at radius 1 is 1.29 bits per heavy atom. The number of piperidine rings is 1. The van der Waals surface area contributed by atoms with E-state index in [1.54, 1.807) is 19.2 Å². The average Bonchev–Trinajstić information content (AvgIpc) is 3.21. The fraction of sp³-hybridized carbons (Fsp3) is 0.348. The quantitative estimate of drug-likeness (QED) is 0.287. The van der Waals surface area contributed by atoms with Gasteiger partial charge in [-0.05, 0) is 37.5 Å². The maximum absolute atomic E-state index is 12.7. The lowest BCUT2D eigenvalue weighted by molar-refractivity contribution is 0.0578. The molecule has 31 heavy (non-hydrogen) atoms. The van der Waals surface area contributed by atoms with Gasteiger partial charge in [0.25, 0.3) is 5.91 Å². The van der Waals surface area contributed by atoms with E-state index in [2.05, 4.69) is 15.3 Å². The monoisotopic (exact) mass is 420 g/mol. The molecule has 2 aromatic carbocycles. The zero-order chi connectivity index (χ0) is 22.0. The predicted molar refractivity (Wildman–Crippen MR) is 121 cm³/mol. The summed E-state index contributed by atoms with van der Waals surface area (Å²) in [5, 5.41) is 11.6. The van der Waals surface area contributed by atoms with Gasteiger partial charge in [0.2, 0.25) is 0 Å². The van der Waals surface area contributed by atoms with Gasteiger partial charge in [0.1, 0.15) is 5.84 Å². The normalized spacial score (nSPS) is 15.7. The summed E-state index contributed by atoms with van der Waals surface area (Å²) in [7, 11) is 1.73. The van der Waals surface area contributed by atoms with Crippen molar-refractivity contribution < 1.29 is 9.53 Å². The number of fused-ring (bicyclic) bond motifs is 1. The van der Waals surface area contributed by atoms with Gasteiger partial charge in [0.15, 0.2) is 5.82 Å². The number of nitrogen functional groups attached to an aromatic ring is 1. The molecule has 2 heterocycles. The average molecular weight is 421 g/mol. The van der Waals surface area contributed by atoms with E-state index >= 15 is 0 Å². The topological polar surface area (TPSA) is 120 Å². The highest BCUT2D eigenvalue weighted by Crippen LogP contribution is 2.24. The molecule has 0 bridgehead atoms. The zero-order valence-corrected chi connectivity index (χ0v) is 17.8. The van der Waals surface area contributed by atoms with Crippen LogP contribution in [0.4, 0.5) is 5.69 Å². The van der Waals surface area contributed by atoms with Crippen molar-refractivity contribution >= 4 is 28.5 Å². The van der Waals surface area contributed by atoms with E-state index in [1.165, 1.54) is 0 Å². The van der Waals surface area contributed by atoms with Crippen molar-refractivity contribution in [3.63, 3.8) is 0 Å². The van der Waals surface area contributed by atoms with E-state index in [0.29, 0.717) is 28.1 Å². The van der Waals surface area contributed by atoms with Crippen LogP contribution in [-0.4, -0.2) is 52.9 Å². The van der Waals surface area contributed by atoms with Crippen LogP contribution in [-0.2, 0) is 4.74 Å². The standard InChI is InChI=1S/C23H28N6O2/c1-14(15-6-4-3-5-7-15)26-23(30)22-27-19-12-17(18(24)13-20(19)28-22)21(25)29-10-8-16(31-2)9-11-29/h3-7,12-14,16,25H,8-11,24H2,1-2H3,(H,26,30)(H,27,28). The molecule has 0 aliphatic carbocycles. The number of anilines is 1. The van der Waals surface area contributed by atoms with E-state index in [9.17, 15) is 4.79 Å². The number of nitrogens with one attached hydrogen (secondary N) is 3. The van der Waals surface area contributed by atoms with Crippen LogP contribution in [0.15, 0.2) is 42.5 Å². The number of nitrogens with two attached hydrogens (primary N) is 1. The summed E-state index contributed by atoms with van der Waals surface area (Å²) in [6.45, 7) is 3.43. The molecule has 1 aliphatic rings. The minimum Gasteiger partial charge on any atom is -0.398 e. The van der Waals surface area contributed by atoms with Crippen molar-refractivity contribution in [3.8, 4) is 0 Å². The first-order valence-corrected chi connectivity index (χ1v) is 10.5. The number of amidine groups is 1. The predicted octanol–water partition coefficient (Wildman–Crippen LogP) is 3.07. The lowest BCUT2D eigenvalue weighted by atomic mass is 10.0. The van der Waals surface area contributed by atoms with Gasteiger partial charge >= 0.3 is 0 Å². The summed E-state index contributed by atoms with van der Waals surface area (Å²) in [6.07, 6.45) is 2.01. The Morgan fingerprint density at radius 3 is 2.68 bits per heavy atom. The lowest BCUT2D eigenvalue weighted by Gasteiger charge is -2.33. The number of likely N-dealkylation sites (tertiary alicyclic amines) is 1. The van der Waals surface area contributed by atoms with Gasteiger partial charge in [0.05, 0.1) is 23.2 Å². The molecule has 0 radical (unpaired) electrons. The Balaban J connectivity index is 1.52. The van der Waals surface area contributed by atoms with E-state index < -0.39 is 0 Å². The third kappa shape index (κ3) is 4.39. The van der Waals surface area contributed by atoms with Crippen molar-refractivity contribution in [1.82, 2.24) is 20.2 Å². The number of H-pyrrole nitrogens is 1. The number of imidazole rings is 1. The third-order valence-corrected chi connectivity index (χ3v) is 5.86. The number of carbonyl (C=O) groups excluding carboxylic acids is 1. The van der Waals surface area contributed by atoms with Crippen LogP contribution in [0.1, 0.15) is 47.6 Å². The Bertz CT molecular complexity index is 1090. The van der Waals surface area contributed by atoms with Crippen molar-refractivity contribution in [2.75, 3.05) is 25.9 Å². The number of nitrogens with zero attached hydrogens (tertiary/aromatic N) is 2. The minimum absolute atomic E-state index is 0.147. The molecule has 4 rings (SSSR count). The summed E-state index contributed by atoms with van der Waals surface area (Å²) in [6, 6.07) is 13.1. The number of hydrogen-bond acceptors (Lipinski definition) is 5. The van der Waals surface area contributed by atoms with Crippen LogP contribution < -0.4 is 11.1 Å². The SMILES string of the molecule is COC1CCN(C(=N)c2cc3nc(C(=O)NC(C)c4ccccc4)[nH]c3cc2N)CC1. The molecular weight excluding hydrogens is 392 g/mol. The van der Waals surface area contributed by atoms with E-state index in [0.717, 1.165) is 31.5 Å². The van der Waals surface area contributed by atoms with Crippen LogP contribution in [0.3, 0.4) is 0 Å².